The summed E-state index contributed by atoms with van der Waals surface area (Å²) in [5.41, 5.74) is 6.07. The predicted octanol–water partition coefficient (Wildman–Crippen LogP) is 5.75. The summed E-state index contributed by atoms with van der Waals surface area (Å²) in [5, 5.41) is 7.20. The number of amides is 1. The molecular formula is C31H33N5O2S. The molecule has 4 aromatic rings. The Kier molecular flexibility index (Phi) is 7.93. The van der Waals surface area contributed by atoms with E-state index in [9.17, 15) is 4.79 Å². The number of aromatic nitrogens is 2. The molecule has 2 aromatic heterocycles. The molecule has 0 bridgehead atoms. The second-order valence-corrected chi connectivity index (χ2v) is 9.95. The lowest BCUT2D eigenvalue weighted by molar-refractivity contribution is -0.116. The van der Waals surface area contributed by atoms with Gasteiger partial charge in [0, 0.05) is 41.9 Å². The van der Waals surface area contributed by atoms with Crippen molar-refractivity contribution in [3.05, 3.63) is 108 Å². The van der Waals surface area contributed by atoms with Crippen LogP contribution in [-0.4, -0.2) is 39.1 Å². The SMILES string of the molecule is CCc1ccccc1NC(=O)CCN1C(=S)N[C@H](c2ccccn2)[C@@H]1c1ccc(C)n1-c1ccc(OC)cc1. The largest absolute Gasteiger partial charge is 0.497 e. The molecule has 1 amide bonds. The summed E-state index contributed by atoms with van der Waals surface area (Å²) < 4.78 is 7.61. The maximum atomic E-state index is 13.1. The summed E-state index contributed by atoms with van der Waals surface area (Å²) in [6, 6.07) is 25.8. The molecule has 0 spiro atoms. The van der Waals surface area contributed by atoms with Gasteiger partial charge in [-0.25, -0.2) is 0 Å². The maximum Gasteiger partial charge on any atom is 0.226 e. The number of benzene rings is 2. The molecule has 0 aliphatic carbocycles. The number of ether oxygens (including phenoxy) is 1. The quantitative estimate of drug-likeness (QED) is 0.264. The smallest absolute Gasteiger partial charge is 0.226 e. The molecule has 200 valence electrons. The van der Waals surface area contributed by atoms with Crippen molar-refractivity contribution < 1.29 is 9.53 Å². The van der Waals surface area contributed by atoms with Gasteiger partial charge in [0.2, 0.25) is 5.91 Å². The average Bonchev–Trinajstić information content (AvgIpc) is 3.51. The van der Waals surface area contributed by atoms with Gasteiger partial charge < -0.3 is 24.8 Å². The number of carbonyl (C=O) groups is 1. The molecule has 0 saturated carbocycles. The maximum absolute atomic E-state index is 13.1. The second kappa shape index (κ2) is 11.7. The van der Waals surface area contributed by atoms with Crippen molar-refractivity contribution in [1.29, 1.82) is 0 Å². The van der Waals surface area contributed by atoms with E-state index in [1.54, 1.807) is 13.3 Å². The van der Waals surface area contributed by atoms with E-state index in [2.05, 4.69) is 63.2 Å². The number of hydrogen-bond donors (Lipinski definition) is 2. The van der Waals surface area contributed by atoms with E-state index >= 15 is 0 Å². The van der Waals surface area contributed by atoms with E-state index in [0.29, 0.717) is 18.1 Å². The molecule has 2 N–H and O–H groups in total. The third-order valence-electron chi connectivity index (χ3n) is 7.19. The summed E-state index contributed by atoms with van der Waals surface area (Å²) in [6.45, 7) is 4.64. The number of pyridine rings is 1. The molecule has 2 atom stereocenters. The fraction of sp³-hybridized carbons (Fsp3) is 0.258. The molecule has 8 heteroatoms. The van der Waals surface area contributed by atoms with Crippen LogP contribution < -0.4 is 15.4 Å². The number of carbonyl (C=O) groups excluding carboxylic acids is 1. The zero-order chi connectivity index (χ0) is 27.4. The minimum atomic E-state index is -0.172. The van der Waals surface area contributed by atoms with Crippen molar-refractivity contribution in [2.45, 2.75) is 38.8 Å². The first-order valence-electron chi connectivity index (χ1n) is 13.2. The highest BCUT2D eigenvalue weighted by atomic mass is 32.1. The standard InChI is InChI=1S/C31H33N5O2S/c1-4-22-9-5-6-10-25(22)33-28(37)18-20-35-30(29(34-31(35)39)26-11-7-8-19-32-26)27-17-12-21(2)36(27)23-13-15-24(38-3)16-14-23/h5-17,19,29-30H,4,18,20H2,1-3H3,(H,33,37)(H,34,39)/t29-,30+/m1/s1. The van der Waals surface area contributed by atoms with E-state index in [4.69, 9.17) is 17.0 Å². The molecule has 1 aliphatic heterocycles. The Morgan fingerprint density at radius 2 is 1.82 bits per heavy atom. The normalized spacial score (nSPS) is 16.7. The second-order valence-electron chi connectivity index (χ2n) is 9.56. The highest BCUT2D eigenvalue weighted by molar-refractivity contribution is 7.80. The van der Waals surface area contributed by atoms with Gasteiger partial charge in [-0.2, -0.15) is 0 Å². The number of para-hydroxylation sites is 1. The Morgan fingerprint density at radius 3 is 2.54 bits per heavy atom. The molecule has 2 aromatic carbocycles. The van der Waals surface area contributed by atoms with Crippen molar-refractivity contribution in [1.82, 2.24) is 19.8 Å². The Hall–Kier alpha value is -4.17. The number of nitrogens with zero attached hydrogens (tertiary/aromatic N) is 3. The Balaban J connectivity index is 1.46. The first-order valence-corrected chi connectivity index (χ1v) is 13.6. The number of methoxy groups -OCH3 is 1. The molecule has 3 heterocycles. The van der Waals surface area contributed by atoms with Crippen LogP contribution in [0.2, 0.25) is 0 Å². The molecule has 1 fully saturated rings. The number of aryl methyl sites for hydroxylation is 2. The van der Waals surface area contributed by atoms with Gasteiger partial charge in [-0.15, -0.1) is 0 Å². The van der Waals surface area contributed by atoms with E-state index in [1.165, 1.54) is 0 Å². The molecule has 0 radical (unpaired) electrons. The van der Waals surface area contributed by atoms with Gasteiger partial charge in [0.05, 0.1) is 24.9 Å². The van der Waals surface area contributed by atoms with Crippen molar-refractivity contribution in [2.75, 3.05) is 19.0 Å². The Morgan fingerprint density at radius 1 is 1.05 bits per heavy atom. The Bertz CT molecular complexity index is 1450. The van der Waals surface area contributed by atoms with Crippen LogP contribution in [0.25, 0.3) is 5.69 Å². The van der Waals surface area contributed by atoms with Gasteiger partial charge in [-0.05, 0) is 85.7 Å². The summed E-state index contributed by atoms with van der Waals surface area (Å²) in [6.07, 6.45) is 2.95. The first-order chi connectivity index (χ1) is 19.0. The monoisotopic (exact) mass is 539 g/mol. The molecule has 5 rings (SSSR count). The number of thiocarbonyl (C=S) groups is 1. The molecule has 39 heavy (non-hydrogen) atoms. The van der Waals surface area contributed by atoms with Crippen molar-refractivity contribution in [3.63, 3.8) is 0 Å². The number of nitrogens with one attached hydrogen (secondary N) is 2. The number of rotatable bonds is 9. The topological polar surface area (TPSA) is 71.4 Å². The van der Waals surface area contributed by atoms with Gasteiger partial charge in [0.15, 0.2) is 5.11 Å². The lowest BCUT2D eigenvalue weighted by Crippen LogP contribution is -2.33. The highest BCUT2D eigenvalue weighted by Gasteiger charge is 2.41. The van der Waals surface area contributed by atoms with E-state index < -0.39 is 0 Å². The van der Waals surface area contributed by atoms with E-state index in [0.717, 1.165) is 46.2 Å². The van der Waals surface area contributed by atoms with E-state index in [-0.39, 0.29) is 18.0 Å². The molecule has 1 saturated heterocycles. The fourth-order valence-electron chi connectivity index (χ4n) is 5.23. The lowest BCUT2D eigenvalue weighted by Gasteiger charge is -2.29. The van der Waals surface area contributed by atoms with Crippen LogP contribution in [0.4, 0.5) is 5.69 Å². The third-order valence-corrected chi connectivity index (χ3v) is 7.54. The third kappa shape index (κ3) is 5.52. The summed E-state index contributed by atoms with van der Waals surface area (Å²) in [5.74, 6) is 0.762. The molecular weight excluding hydrogens is 506 g/mol. The molecule has 7 nitrogen and oxygen atoms in total. The number of anilines is 1. The average molecular weight is 540 g/mol. The number of hydrogen-bond acceptors (Lipinski definition) is 4. The van der Waals surface area contributed by atoms with Crippen LogP contribution in [0, 0.1) is 6.92 Å². The van der Waals surface area contributed by atoms with Crippen molar-refractivity contribution in [2.24, 2.45) is 0 Å². The summed E-state index contributed by atoms with van der Waals surface area (Å²) in [7, 11) is 1.67. The van der Waals surface area contributed by atoms with Gasteiger partial charge in [-0.3, -0.25) is 9.78 Å². The van der Waals surface area contributed by atoms with E-state index in [1.807, 2.05) is 54.6 Å². The zero-order valence-electron chi connectivity index (χ0n) is 22.4. The molecule has 0 unspecified atom stereocenters. The van der Waals surface area contributed by atoms with Crippen molar-refractivity contribution in [3.8, 4) is 11.4 Å². The van der Waals surface area contributed by atoms with Crippen LogP contribution in [0.5, 0.6) is 5.75 Å². The minimum absolute atomic E-state index is 0.0412. The van der Waals surface area contributed by atoms with Crippen LogP contribution in [0.3, 0.4) is 0 Å². The van der Waals surface area contributed by atoms with Gasteiger partial charge in [0.1, 0.15) is 5.75 Å². The van der Waals surface area contributed by atoms with Gasteiger partial charge in [-0.1, -0.05) is 31.2 Å². The minimum Gasteiger partial charge on any atom is -0.497 e. The Labute approximate surface area is 234 Å². The lowest BCUT2D eigenvalue weighted by atomic mass is 10.0. The summed E-state index contributed by atoms with van der Waals surface area (Å²) in [4.78, 5) is 19.8. The fourth-order valence-corrected chi connectivity index (χ4v) is 5.56. The first kappa shape index (κ1) is 26.4. The molecule has 1 aliphatic rings. The van der Waals surface area contributed by atoms with Gasteiger partial charge >= 0.3 is 0 Å². The van der Waals surface area contributed by atoms with Crippen LogP contribution in [0.1, 0.15) is 48.1 Å². The van der Waals surface area contributed by atoms with Crippen molar-refractivity contribution >= 4 is 28.9 Å². The highest BCUT2D eigenvalue weighted by Crippen LogP contribution is 2.40. The van der Waals surface area contributed by atoms with Crippen LogP contribution >= 0.6 is 12.2 Å². The summed E-state index contributed by atoms with van der Waals surface area (Å²) >= 11 is 5.84. The zero-order valence-corrected chi connectivity index (χ0v) is 23.2. The van der Waals surface area contributed by atoms with Gasteiger partial charge in [0.25, 0.3) is 0 Å². The van der Waals surface area contributed by atoms with Crippen LogP contribution in [0.15, 0.2) is 85.1 Å². The predicted molar refractivity (Wildman–Crippen MR) is 158 cm³/mol. The van der Waals surface area contributed by atoms with Crippen LogP contribution in [-0.2, 0) is 11.2 Å².